The van der Waals surface area contributed by atoms with E-state index in [-0.39, 0.29) is 0 Å². The molecule has 78 valence electrons. The molecule has 1 rings (SSSR count). The Kier molecular flexibility index (Phi) is 3.69. The third-order valence-electron chi connectivity index (χ3n) is 1.84. The van der Waals surface area contributed by atoms with Crippen LogP contribution in [0.2, 0.25) is 0 Å². The largest absolute Gasteiger partial charge is 0.480 e. The molecule has 1 aromatic carbocycles. The van der Waals surface area contributed by atoms with Gasteiger partial charge in [-0.15, -0.1) is 0 Å². The fourth-order valence-electron chi connectivity index (χ4n) is 1.03. The molecule has 0 radical (unpaired) electrons. The fraction of sp³-hybridized carbons (Fsp3) is 0.200. The zero-order valence-corrected chi connectivity index (χ0v) is 9.58. The summed E-state index contributed by atoms with van der Waals surface area (Å²) in [4.78, 5) is 10.6. The van der Waals surface area contributed by atoms with Crippen molar-refractivity contribution in [3.63, 3.8) is 0 Å². The second-order valence-corrected chi connectivity index (χ2v) is 3.92. The molecule has 0 aliphatic rings. The number of nitrogens with one attached hydrogen (secondary N) is 1. The van der Waals surface area contributed by atoms with Gasteiger partial charge in [-0.05, 0) is 25.1 Å². The van der Waals surface area contributed by atoms with Crippen LogP contribution in [0.15, 0.2) is 22.7 Å². The van der Waals surface area contributed by atoms with Crippen molar-refractivity contribution < 1.29 is 9.90 Å². The first-order valence-electron chi connectivity index (χ1n) is 4.23. The first kappa shape index (κ1) is 11.5. The summed E-state index contributed by atoms with van der Waals surface area (Å²) in [5, 5.41) is 20.3. The highest BCUT2D eigenvalue weighted by Gasteiger charge is 2.12. The molecule has 0 heterocycles. The number of carboxylic acid groups (broad SMARTS) is 1. The Morgan fingerprint density at radius 3 is 2.87 bits per heavy atom. The van der Waals surface area contributed by atoms with Crippen molar-refractivity contribution in [2.24, 2.45) is 0 Å². The molecule has 0 bridgehead atoms. The maximum Gasteiger partial charge on any atom is 0.325 e. The van der Waals surface area contributed by atoms with Gasteiger partial charge >= 0.3 is 5.97 Å². The minimum Gasteiger partial charge on any atom is -0.480 e. The van der Waals surface area contributed by atoms with Gasteiger partial charge in [0, 0.05) is 4.47 Å². The molecule has 5 heteroatoms. The van der Waals surface area contributed by atoms with Crippen LogP contribution in [0.1, 0.15) is 12.5 Å². The van der Waals surface area contributed by atoms with Crippen molar-refractivity contribution in [1.82, 2.24) is 0 Å². The SMILES string of the molecule is CC(Nc1ccc(Br)cc1C#N)C(=O)O. The van der Waals surface area contributed by atoms with Gasteiger partial charge in [-0.2, -0.15) is 5.26 Å². The van der Waals surface area contributed by atoms with Crippen LogP contribution in [-0.4, -0.2) is 17.1 Å². The second kappa shape index (κ2) is 4.80. The van der Waals surface area contributed by atoms with Crippen molar-refractivity contribution >= 4 is 27.6 Å². The van der Waals surface area contributed by atoms with Crippen molar-refractivity contribution in [2.75, 3.05) is 5.32 Å². The summed E-state index contributed by atoms with van der Waals surface area (Å²) in [6, 6.07) is 6.32. The second-order valence-electron chi connectivity index (χ2n) is 3.01. The number of nitriles is 1. The zero-order chi connectivity index (χ0) is 11.4. The normalized spacial score (nSPS) is 11.5. The summed E-state index contributed by atoms with van der Waals surface area (Å²) in [5.74, 6) is -0.957. The van der Waals surface area contributed by atoms with E-state index in [4.69, 9.17) is 10.4 Å². The minimum absolute atomic E-state index is 0.414. The van der Waals surface area contributed by atoms with E-state index in [9.17, 15) is 4.79 Å². The zero-order valence-electron chi connectivity index (χ0n) is 7.99. The van der Waals surface area contributed by atoms with Gasteiger partial charge in [0.15, 0.2) is 0 Å². The minimum atomic E-state index is -0.957. The van der Waals surface area contributed by atoms with Crippen LogP contribution in [-0.2, 0) is 4.79 Å². The number of benzene rings is 1. The third-order valence-corrected chi connectivity index (χ3v) is 2.34. The van der Waals surface area contributed by atoms with Crippen molar-refractivity contribution in [3.05, 3.63) is 28.2 Å². The number of hydrogen-bond donors (Lipinski definition) is 2. The Hall–Kier alpha value is -1.54. The quantitative estimate of drug-likeness (QED) is 0.882. The number of nitrogens with zero attached hydrogens (tertiary/aromatic N) is 1. The summed E-state index contributed by atoms with van der Waals surface area (Å²) >= 11 is 3.24. The molecule has 0 aliphatic carbocycles. The summed E-state index contributed by atoms with van der Waals surface area (Å²) in [5.41, 5.74) is 0.938. The third kappa shape index (κ3) is 2.96. The van der Waals surface area contributed by atoms with E-state index in [1.165, 1.54) is 6.92 Å². The van der Waals surface area contributed by atoms with E-state index in [2.05, 4.69) is 21.2 Å². The molecule has 2 N–H and O–H groups in total. The van der Waals surface area contributed by atoms with Crippen molar-refractivity contribution in [3.8, 4) is 6.07 Å². The molecule has 0 fully saturated rings. The molecule has 0 spiro atoms. The van der Waals surface area contributed by atoms with Gasteiger partial charge < -0.3 is 10.4 Å². The number of aliphatic carboxylic acids is 1. The standard InChI is InChI=1S/C10H9BrN2O2/c1-6(10(14)15)13-9-3-2-8(11)4-7(9)5-12/h2-4,6,13H,1H3,(H,14,15). The molecule has 1 unspecified atom stereocenters. The molecule has 1 aromatic rings. The summed E-state index contributed by atoms with van der Waals surface area (Å²) in [6.07, 6.45) is 0. The van der Waals surface area contributed by atoms with Gasteiger partial charge in [0.05, 0.1) is 11.3 Å². The molecule has 1 atom stereocenters. The Bertz CT molecular complexity index is 426. The Morgan fingerprint density at radius 1 is 1.67 bits per heavy atom. The molecule has 0 amide bonds. The Morgan fingerprint density at radius 2 is 2.33 bits per heavy atom. The number of carbonyl (C=O) groups is 1. The first-order chi connectivity index (χ1) is 7.04. The van der Waals surface area contributed by atoms with Gasteiger partial charge in [-0.25, -0.2) is 0 Å². The molecule has 0 saturated heterocycles. The van der Waals surface area contributed by atoms with Crippen LogP contribution in [0.5, 0.6) is 0 Å². The molecule has 0 saturated carbocycles. The lowest BCUT2D eigenvalue weighted by atomic mass is 10.2. The molecule has 0 aromatic heterocycles. The van der Waals surface area contributed by atoms with Crippen LogP contribution in [0, 0.1) is 11.3 Å². The highest BCUT2D eigenvalue weighted by atomic mass is 79.9. The highest BCUT2D eigenvalue weighted by Crippen LogP contribution is 2.20. The lowest BCUT2D eigenvalue weighted by Gasteiger charge is -2.11. The van der Waals surface area contributed by atoms with E-state index in [0.29, 0.717) is 11.3 Å². The molecule has 4 nitrogen and oxygen atoms in total. The maximum atomic E-state index is 10.6. The van der Waals surface area contributed by atoms with Crippen molar-refractivity contribution in [1.29, 1.82) is 5.26 Å². The summed E-state index contributed by atoms with van der Waals surface area (Å²) in [7, 11) is 0. The summed E-state index contributed by atoms with van der Waals surface area (Å²) in [6.45, 7) is 1.52. The maximum absolute atomic E-state index is 10.6. The Labute approximate surface area is 95.7 Å². The topological polar surface area (TPSA) is 73.1 Å². The monoisotopic (exact) mass is 268 g/mol. The fourth-order valence-corrected chi connectivity index (χ4v) is 1.39. The van der Waals surface area contributed by atoms with E-state index < -0.39 is 12.0 Å². The predicted molar refractivity (Wildman–Crippen MR) is 59.6 cm³/mol. The molecular formula is C10H9BrN2O2. The van der Waals surface area contributed by atoms with E-state index in [0.717, 1.165) is 4.47 Å². The van der Waals surface area contributed by atoms with Crippen LogP contribution >= 0.6 is 15.9 Å². The molecule has 15 heavy (non-hydrogen) atoms. The van der Waals surface area contributed by atoms with E-state index >= 15 is 0 Å². The highest BCUT2D eigenvalue weighted by molar-refractivity contribution is 9.10. The number of hydrogen-bond acceptors (Lipinski definition) is 3. The number of anilines is 1. The van der Waals surface area contributed by atoms with Crippen LogP contribution in [0.25, 0.3) is 0 Å². The number of rotatable bonds is 3. The van der Waals surface area contributed by atoms with Gasteiger partial charge in [-0.3, -0.25) is 4.79 Å². The van der Waals surface area contributed by atoms with Gasteiger partial charge in [-0.1, -0.05) is 15.9 Å². The predicted octanol–water partition coefficient (Wildman–Crippen LogP) is 2.21. The number of halogens is 1. The van der Waals surface area contributed by atoms with Crippen molar-refractivity contribution in [2.45, 2.75) is 13.0 Å². The van der Waals surface area contributed by atoms with Gasteiger partial charge in [0.2, 0.25) is 0 Å². The first-order valence-corrected chi connectivity index (χ1v) is 5.03. The average molecular weight is 269 g/mol. The number of carboxylic acids is 1. The molecule has 0 aliphatic heterocycles. The van der Waals surface area contributed by atoms with E-state index in [1.54, 1.807) is 18.2 Å². The summed E-state index contributed by atoms with van der Waals surface area (Å²) < 4.78 is 0.785. The lowest BCUT2D eigenvalue weighted by Crippen LogP contribution is -2.25. The average Bonchev–Trinajstić information content (AvgIpc) is 2.20. The smallest absolute Gasteiger partial charge is 0.325 e. The Balaban J connectivity index is 2.96. The lowest BCUT2D eigenvalue weighted by molar-refractivity contribution is -0.137. The molecular weight excluding hydrogens is 260 g/mol. The van der Waals surface area contributed by atoms with Crippen LogP contribution < -0.4 is 5.32 Å². The van der Waals surface area contributed by atoms with E-state index in [1.807, 2.05) is 6.07 Å². The van der Waals surface area contributed by atoms with Crippen LogP contribution in [0.3, 0.4) is 0 Å². The van der Waals surface area contributed by atoms with Crippen LogP contribution in [0.4, 0.5) is 5.69 Å². The van der Waals surface area contributed by atoms with Gasteiger partial charge in [0.1, 0.15) is 12.1 Å². The van der Waals surface area contributed by atoms with Gasteiger partial charge in [0.25, 0.3) is 0 Å².